The maximum Gasteiger partial charge on any atom is 0.274 e. The van der Waals surface area contributed by atoms with Gasteiger partial charge in [0.1, 0.15) is 5.69 Å². The zero-order chi connectivity index (χ0) is 14.1. The topological polar surface area (TPSA) is 69.3 Å². The van der Waals surface area contributed by atoms with Crippen LogP contribution in [0.15, 0.2) is 6.07 Å². The van der Waals surface area contributed by atoms with Crippen molar-refractivity contribution in [3.8, 4) is 0 Å². The molecule has 6 heteroatoms. The smallest absolute Gasteiger partial charge is 0.274 e. The van der Waals surface area contributed by atoms with Gasteiger partial charge in [-0.25, -0.2) is 0 Å². The molecule has 3 rings (SSSR count). The highest BCUT2D eigenvalue weighted by Gasteiger charge is 2.28. The normalized spacial score (nSPS) is 19.9. The molecular weight excluding hydrogens is 256 g/mol. The van der Waals surface area contributed by atoms with Crippen molar-refractivity contribution >= 4 is 11.8 Å². The van der Waals surface area contributed by atoms with Crippen molar-refractivity contribution in [1.29, 1.82) is 0 Å². The number of hydrogen-bond acceptors (Lipinski definition) is 3. The molecule has 108 valence electrons. The van der Waals surface area contributed by atoms with Gasteiger partial charge in [0.25, 0.3) is 5.91 Å². The van der Waals surface area contributed by atoms with Crippen molar-refractivity contribution < 1.29 is 9.59 Å². The molecule has 1 aliphatic heterocycles. The lowest BCUT2D eigenvalue weighted by atomic mass is 10.2. The maximum absolute atomic E-state index is 12.4. The van der Waals surface area contributed by atoms with E-state index in [1.165, 1.54) is 12.8 Å². The van der Waals surface area contributed by atoms with Crippen LogP contribution in [0.3, 0.4) is 0 Å². The number of carbonyl (C=O) groups is 2. The first-order valence-electron chi connectivity index (χ1n) is 7.25. The number of aromatic nitrogens is 2. The molecule has 1 saturated heterocycles. The fourth-order valence-electron chi connectivity index (χ4n) is 2.65. The number of amides is 2. The zero-order valence-corrected chi connectivity index (χ0v) is 11.8. The summed E-state index contributed by atoms with van der Waals surface area (Å²) in [6, 6.07) is 1.88. The molecule has 2 heterocycles. The summed E-state index contributed by atoms with van der Waals surface area (Å²) in [5, 5.41) is 7.11. The Morgan fingerprint density at radius 3 is 2.60 bits per heavy atom. The first-order chi connectivity index (χ1) is 9.65. The van der Waals surface area contributed by atoms with Crippen LogP contribution in [-0.2, 0) is 4.79 Å². The Balaban J connectivity index is 1.65. The van der Waals surface area contributed by atoms with Gasteiger partial charge in [0.2, 0.25) is 5.91 Å². The molecule has 0 spiro atoms. The van der Waals surface area contributed by atoms with Crippen LogP contribution < -0.4 is 0 Å². The summed E-state index contributed by atoms with van der Waals surface area (Å²) in [6.45, 7) is 4.19. The number of hydrogen-bond donors (Lipinski definition) is 1. The SMILES string of the molecule is CC(=O)N1CCCN(C(=O)c2cc(C3CC3)[nH]n2)CC1. The molecule has 2 amide bonds. The predicted octanol–water partition coefficient (Wildman–Crippen LogP) is 0.981. The number of nitrogens with zero attached hydrogens (tertiary/aromatic N) is 3. The monoisotopic (exact) mass is 276 g/mol. The van der Waals surface area contributed by atoms with Gasteiger partial charge in [-0.1, -0.05) is 0 Å². The number of rotatable bonds is 2. The summed E-state index contributed by atoms with van der Waals surface area (Å²) in [6.07, 6.45) is 3.20. The molecule has 20 heavy (non-hydrogen) atoms. The third kappa shape index (κ3) is 2.69. The van der Waals surface area contributed by atoms with Crippen LogP contribution in [0.2, 0.25) is 0 Å². The first-order valence-corrected chi connectivity index (χ1v) is 7.25. The van der Waals surface area contributed by atoms with Gasteiger partial charge in [-0.3, -0.25) is 14.7 Å². The lowest BCUT2D eigenvalue weighted by Crippen LogP contribution is -2.36. The third-order valence-electron chi connectivity index (χ3n) is 4.06. The molecule has 0 bridgehead atoms. The van der Waals surface area contributed by atoms with Crippen LogP contribution in [0.1, 0.15) is 48.3 Å². The zero-order valence-electron chi connectivity index (χ0n) is 11.8. The Morgan fingerprint density at radius 1 is 1.20 bits per heavy atom. The van der Waals surface area contributed by atoms with Gasteiger partial charge in [-0.15, -0.1) is 0 Å². The average Bonchev–Trinajstić information content (AvgIpc) is 3.21. The first kappa shape index (κ1) is 13.1. The Hall–Kier alpha value is -1.85. The minimum atomic E-state index is -0.0291. The van der Waals surface area contributed by atoms with Gasteiger partial charge >= 0.3 is 0 Å². The molecule has 1 aromatic heterocycles. The fourth-order valence-corrected chi connectivity index (χ4v) is 2.65. The van der Waals surface area contributed by atoms with E-state index in [0.717, 1.165) is 18.7 Å². The van der Waals surface area contributed by atoms with Crippen LogP contribution in [0, 0.1) is 0 Å². The Labute approximate surface area is 118 Å². The number of H-pyrrole nitrogens is 1. The lowest BCUT2D eigenvalue weighted by molar-refractivity contribution is -0.128. The van der Waals surface area contributed by atoms with Crippen molar-refractivity contribution in [3.63, 3.8) is 0 Å². The van der Waals surface area contributed by atoms with Gasteiger partial charge < -0.3 is 9.80 Å². The van der Waals surface area contributed by atoms with E-state index in [1.807, 2.05) is 6.07 Å². The summed E-state index contributed by atoms with van der Waals surface area (Å²) in [5.41, 5.74) is 1.58. The van der Waals surface area contributed by atoms with Crippen LogP contribution >= 0.6 is 0 Å². The van der Waals surface area contributed by atoms with Crippen LogP contribution in [-0.4, -0.2) is 58.0 Å². The van der Waals surface area contributed by atoms with Gasteiger partial charge in [0.05, 0.1) is 0 Å². The second kappa shape index (κ2) is 5.26. The van der Waals surface area contributed by atoms with Crippen molar-refractivity contribution in [3.05, 3.63) is 17.5 Å². The van der Waals surface area contributed by atoms with E-state index in [9.17, 15) is 9.59 Å². The van der Waals surface area contributed by atoms with E-state index in [4.69, 9.17) is 0 Å². The summed E-state index contributed by atoms with van der Waals surface area (Å²) in [5.74, 6) is 0.620. The summed E-state index contributed by atoms with van der Waals surface area (Å²) in [7, 11) is 0. The minimum Gasteiger partial charge on any atom is -0.341 e. The van der Waals surface area contributed by atoms with Gasteiger partial charge in [-0.2, -0.15) is 5.10 Å². The number of nitrogens with one attached hydrogen (secondary N) is 1. The second-order valence-electron chi connectivity index (χ2n) is 5.63. The predicted molar refractivity (Wildman–Crippen MR) is 73.3 cm³/mol. The van der Waals surface area contributed by atoms with E-state index >= 15 is 0 Å². The summed E-state index contributed by atoms with van der Waals surface area (Å²) < 4.78 is 0. The van der Waals surface area contributed by atoms with E-state index in [-0.39, 0.29) is 11.8 Å². The quantitative estimate of drug-likeness (QED) is 0.875. The standard InChI is InChI=1S/C14H20N4O2/c1-10(19)17-5-2-6-18(8-7-17)14(20)13-9-12(15-16-13)11-3-4-11/h9,11H,2-8H2,1H3,(H,15,16). The third-order valence-corrected chi connectivity index (χ3v) is 4.06. The van der Waals surface area contributed by atoms with Crippen LogP contribution in [0.5, 0.6) is 0 Å². The number of aromatic amines is 1. The van der Waals surface area contributed by atoms with E-state index in [0.29, 0.717) is 31.2 Å². The highest BCUT2D eigenvalue weighted by Crippen LogP contribution is 2.39. The Bertz CT molecular complexity index is 521. The molecule has 1 saturated carbocycles. The van der Waals surface area contributed by atoms with E-state index in [2.05, 4.69) is 10.2 Å². The van der Waals surface area contributed by atoms with E-state index < -0.39 is 0 Å². The Morgan fingerprint density at radius 2 is 1.90 bits per heavy atom. The van der Waals surface area contributed by atoms with Crippen molar-refractivity contribution in [2.45, 2.75) is 32.1 Å². The molecule has 1 aliphatic carbocycles. The number of carbonyl (C=O) groups excluding carboxylic acids is 2. The molecule has 0 atom stereocenters. The van der Waals surface area contributed by atoms with E-state index in [1.54, 1.807) is 16.7 Å². The molecule has 1 N–H and O–H groups in total. The Kier molecular flexibility index (Phi) is 3.46. The molecule has 0 unspecified atom stereocenters. The van der Waals surface area contributed by atoms with Gasteiger partial charge in [0, 0.05) is 44.7 Å². The molecule has 6 nitrogen and oxygen atoms in total. The molecule has 0 radical (unpaired) electrons. The molecule has 1 aromatic rings. The van der Waals surface area contributed by atoms with Gasteiger partial charge in [0.15, 0.2) is 0 Å². The van der Waals surface area contributed by atoms with Crippen molar-refractivity contribution in [2.75, 3.05) is 26.2 Å². The maximum atomic E-state index is 12.4. The molecular formula is C14H20N4O2. The highest BCUT2D eigenvalue weighted by molar-refractivity contribution is 5.92. The van der Waals surface area contributed by atoms with Crippen molar-refractivity contribution in [1.82, 2.24) is 20.0 Å². The molecule has 2 aliphatic rings. The molecule has 0 aromatic carbocycles. The lowest BCUT2D eigenvalue weighted by Gasteiger charge is -2.20. The summed E-state index contributed by atoms with van der Waals surface area (Å²) >= 11 is 0. The summed E-state index contributed by atoms with van der Waals surface area (Å²) in [4.78, 5) is 27.4. The van der Waals surface area contributed by atoms with Crippen LogP contribution in [0.25, 0.3) is 0 Å². The average molecular weight is 276 g/mol. The highest BCUT2D eigenvalue weighted by atomic mass is 16.2. The molecule has 2 fully saturated rings. The van der Waals surface area contributed by atoms with Crippen molar-refractivity contribution in [2.24, 2.45) is 0 Å². The van der Waals surface area contributed by atoms with Crippen LogP contribution in [0.4, 0.5) is 0 Å². The minimum absolute atomic E-state index is 0.0291. The second-order valence-corrected chi connectivity index (χ2v) is 5.63. The largest absolute Gasteiger partial charge is 0.341 e. The fraction of sp³-hybridized carbons (Fsp3) is 0.643. The van der Waals surface area contributed by atoms with Gasteiger partial charge in [-0.05, 0) is 25.3 Å².